The average Bonchev–Trinajstić information content (AvgIpc) is 2.62. The first-order valence-electron chi connectivity index (χ1n) is 6.48. The lowest BCUT2D eigenvalue weighted by Crippen LogP contribution is -2.26. The topological polar surface area (TPSA) is 63.6 Å². The number of benzene rings is 1. The molecule has 1 N–H and O–H groups in total. The third-order valence-electron chi connectivity index (χ3n) is 4.44. The summed E-state index contributed by atoms with van der Waals surface area (Å²) in [6.45, 7) is 5.37. The number of Topliss-reactive ketones (excluding diaryl/α,β-unsaturated/α-hetero) is 1. The third-order valence-corrected chi connectivity index (χ3v) is 4.44. The number of aryl methyl sites for hydroxylation is 1. The van der Waals surface area contributed by atoms with Crippen LogP contribution in [-0.2, 0) is 9.53 Å². The molecule has 0 amide bonds. The van der Waals surface area contributed by atoms with Crippen LogP contribution < -0.4 is 0 Å². The second kappa shape index (κ2) is 3.83. The molecule has 1 aliphatic carbocycles. The van der Waals surface area contributed by atoms with Gasteiger partial charge in [0.1, 0.15) is 11.9 Å². The summed E-state index contributed by atoms with van der Waals surface area (Å²) in [6, 6.07) is 1.60. The molecule has 1 heterocycles. The molecule has 2 aliphatic rings. The number of hydrogen-bond donors (Lipinski definition) is 1. The third kappa shape index (κ3) is 1.52. The van der Waals surface area contributed by atoms with E-state index >= 15 is 0 Å². The number of hydrogen-bond acceptors (Lipinski definition) is 4. The van der Waals surface area contributed by atoms with Gasteiger partial charge in [0.15, 0.2) is 5.78 Å². The van der Waals surface area contributed by atoms with Crippen molar-refractivity contribution in [3.63, 3.8) is 0 Å². The van der Waals surface area contributed by atoms with Crippen molar-refractivity contribution in [2.75, 3.05) is 0 Å². The van der Waals surface area contributed by atoms with Gasteiger partial charge in [0, 0.05) is 23.5 Å². The minimum atomic E-state index is -0.388. The van der Waals surface area contributed by atoms with Gasteiger partial charge in [-0.15, -0.1) is 0 Å². The zero-order valence-corrected chi connectivity index (χ0v) is 11.2. The van der Waals surface area contributed by atoms with E-state index in [-0.39, 0.29) is 35.4 Å². The van der Waals surface area contributed by atoms with Crippen LogP contribution in [0, 0.1) is 25.7 Å². The van der Waals surface area contributed by atoms with Crippen LogP contribution in [0.3, 0.4) is 0 Å². The molecule has 1 aromatic rings. The summed E-state index contributed by atoms with van der Waals surface area (Å²) in [5, 5.41) is 9.94. The minimum Gasteiger partial charge on any atom is -0.508 e. The van der Waals surface area contributed by atoms with Gasteiger partial charge >= 0.3 is 5.97 Å². The number of aromatic hydroxyl groups is 1. The highest BCUT2D eigenvalue weighted by atomic mass is 16.6. The van der Waals surface area contributed by atoms with Gasteiger partial charge in [-0.2, -0.15) is 0 Å². The molecule has 4 nitrogen and oxygen atoms in total. The van der Waals surface area contributed by atoms with Crippen LogP contribution >= 0.6 is 0 Å². The fraction of sp³-hybridized carbons (Fsp3) is 0.467. The van der Waals surface area contributed by atoms with Crippen molar-refractivity contribution in [2.24, 2.45) is 11.8 Å². The fourth-order valence-corrected chi connectivity index (χ4v) is 3.28. The number of ketones is 1. The first-order valence-corrected chi connectivity index (χ1v) is 6.48. The molecular formula is C15H16O4. The molecule has 0 radical (unpaired) electrons. The second-order valence-electron chi connectivity index (χ2n) is 5.56. The lowest BCUT2D eigenvalue weighted by Gasteiger charge is -2.29. The van der Waals surface area contributed by atoms with E-state index in [4.69, 9.17) is 4.74 Å². The van der Waals surface area contributed by atoms with Gasteiger partial charge < -0.3 is 9.84 Å². The molecule has 4 heteroatoms. The van der Waals surface area contributed by atoms with Gasteiger partial charge in [-0.05, 0) is 31.0 Å². The van der Waals surface area contributed by atoms with Gasteiger partial charge in [0.2, 0.25) is 0 Å². The van der Waals surface area contributed by atoms with Crippen molar-refractivity contribution >= 4 is 11.8 Å². The Morgan fingerprint density at radius 3 is 2.68 bits per heavy atom. The van der Waals surface area contributed by atoms with E-state index in [1.807, 2.05) is 0 Å². The van der Waals surface area contributed by atoms with E-state index in [2.05, 4.69) is 0 Å². The molecule has 3 atom stereocenters. The lowest BCUT2D eigenvalue weighted by atomic mass is 9.74. The highest BCUT2D eigenvalue weighted by Crippen LogP contribution is 2.49. The highest BCUT2D eigenvalue weighted by Gasteiger charge is 2.48. The van der Waals surface area contributed by atoms with Crippen molar-refractivity contribution in [1.29, 1.82) is 0 Å². The molecular weight excluding hydrogens is 244 g/mol. The molecule has 19 heavy (non-hydrogen) atoms. The Bertz CT molecular complexity index is 603. The van der Waals surface area contributed by atoms with Gasteiger partial charge in [0.05, 0.1) is 5.92 Å². The van der Waals surface area contributed by atoms with Gasteiger partial charge in [-0.25, -0.2) is 0 Å². The minimum absolute atomic E-state index is 0.0435. The van der Waals surface area contributed by atoms with Crippen LogP contribution in [0.4, 0.5) is 0 Å². The molecule has 1 aromatic carbocycles. The fourth-order valence-electron chi connectivity index (χ4n) is 3.28. The van der Waals surface area contributed by atoms with E-state index in [1.54, 1.807) is 26.8 Å². The maximum absolute atomic E-state index is 12.3. The SMILES string of the molecule is Cc1cc(O)c(C)c2c1C(=O)C[C@H]1[C@H](C)C(=O)O[C@H]21. The predicted molar refractivity (Wildman–Crippen MR) is 68.0 cm³/mol. The van der Waals surface area contributed by atoms with Crippen molar-refractivity contribution in [2.45, 2.75) is 33.3 Å². The average molecular weight is 260 g/mol. The van der Waals surface area contributed by atoms with Crippen LogP contribution in [0.15, 0.2) is 6.07 Å². The van der Waals surface area contributed by atoms with E-state index in [1.165, 1.54) is 0 Å². The van der Waals surface area contributed by atoms with E-state index in [9.17, 15) is 14.7 Å². The molecule has 100 valence electrons. The number of carbonyl (C=O) groups excluding carboxylic acids is 2. The Morgan fingerprint density at radius 1 is 1.32 bits per heavy atom. The number of fused-ring (bicyclic) bond motifs is 3. The molecule has 0 bridgehead atoms. The van der Waals surface area contributed by atoms with Crippen LogP contribution in [-0.4, -0.2) is 16.9 Å². The Balaban J connectivity index is 2.26. The molecule has 1 saturated heterocycles. The molecule has 0 aromatic heterocycles. The lowest BCUT2D eigenvalue weighted by molar-refractivity contribution is -0.144. The van der Waals surface area contributed by atoms with Crippen molar-refractivity contribution in [1.82, 2.24) is 0 Å². The highest BCUT2D eigenvalue weighted by molar-refractivity contribution is 6.02. The molecule has 1 aliphatic heterocycles. The number of esters is 1. The number of phenolic OH excluding ortho intramolecular Hbond substituents is 1. The van der Waals surface area contributed by atoms with E-state index in [0.717, 1.165) is 5.56 Å². The van der Waals surface area contributed by atoms with Crippen LogP contribution in [0.25, 0.3) is 0 Å². The summed E-state index contributed by atoms with van der Waals surface area (Å²) < 4.78 is 5.44. The summed E-state index contributed by atoms with van der Waals surface area (Å²) in [4.78, 5) is 24.1. The quantitative estimate of drug-likeness (QED) is 0.728. The smallest absolute Gasteiger partial charge is 0.309 e. The maximum atomic E-state index is 12.3. The summed E-state index contributed by atoms with van der Waals surface area (Å²) in [7, 11) is 0. The van der Waals surface area contributed by atoms with Gasteiger partial charge in [-0.3, -0.25) is 9.59 Å². The van der Waals surface area contributed by atoms with Gasteiger partial charge in [0.25, 0.3) is 0 Å². The maximum Gasteiger partial charge on any atom is 0.309 e. The Labute approximate surface area is 111 Å². The summed E-state index contributed by atoms with van der Waals surface area (Å²) >= 11 is 0. The zero-order valence-electron chi connectivity index (χ0n) is 11.2. The standard InChI is InChI=1S/C15H16O4/c1-6-4-10(16)8(3)13-12(6)11(17)5-9-7(2)15(18)19-14(9)13/h4,7,9,14,16H,5H2,1-3H3/t7-,9-,14-/m0/s1. The van der Waals surface area contributed by atoms with Crippen molar-refractivity contribution in [3.05, 3.63) is 28.3 Å². The Kier molecular flexibility index (Phi) is 2.46. The molecule has 0 saturated carbocycles. The molecule has 1 fully saturated rings. The van der Waals surface area contributed by atoms with Crippen LogP contribution in [0.1, 0.15) is 46.5 Å². The first kappa shape index (κ1) is 12.2. The second-order valence-corrected chi connectivity index (χ2v) is 5.56. The zero-order chi connectivity index (χ0) is 13.9. The van der Waals surface area contributed by atoms with Crippen LogP contribution in [0.5, 0.6) is 5.75 Å². The van der Waals surface area contributed by atoms with E-state index in [0.29, 0.717) is 23.1 Å². The van der Waals surface area contributed by atoms with Crippen molar-refractivity contribution in [3.8, 4) is 5.75 Å². The summed E-state index contributed by atoms with van der Waals surface area (Å²) in [6.07, 6.45) is -0.0451. The summed E-state index contributed by atoms with van der Waals surface area (Å²) in [5.41, 5.74) is 2.72. The number of carbonyl (C=O) groups is 2. The Morgan fingerprint density at radius 2 is 2.00 bits per heavy atom. The molecule has 0 spiro atoms. The van der Waals surface area contributed by atoms with Crippen molar-refractivity contribution < 1.29 is 19.4 Å². The number of ether oxygens (including phenoxy) is 1. The van der Waals surface area contributed by atoms with Crippen LogP contribution in [0.2, 0.25) is 0 Å². The monoisotopic (exact) mass is 260 g/mol. The normalized spacial score (nSPS) is 28.9. The first-order chi connectivity index (χ1) is 8.91. The van der Waals surface area contributed by atoms with Gasteiger partial charge in [-0.1, -0.05) is 6.92 Å². The molecule has 0 unspecified atom stereocenters. The molecule has 3 rings (SSSR count). The largest absolute Gasteiger partial charge is 0.508 e. The number of rotatable bonds is 0. The summed E-state index contributed by atoms with van der Waals surface area (Å²) in [5.74, 6) is -0.421. The Hall–Kier alpha value is -1.84. The predicted octanol–water partition coefficient (Wildman–Crippen LogP) is 2.45. The van der Waals surface area contributed by atoms with E-state index < -0.39 is 0 Å². The number of phenols is 1.